The summed E-state index contributed by atoms with van der Waals surface area (Å²) in [7, 11) is 1.65. The van der Waals surface area contributed by atoms with Crippen LogP contribution in [0.3, 0.4) is 0 Å². The van der Waals surface area contributed by atoms with Gasteiger partial charge < -0.3 is 9.64 Å². The minimum Gasteiger partial charge on any atom is -0.496 e. The predicted octanol–water partition coefficient (Wildman–Crippen LogP) is 3.30. The maximum absolute atomic E-state index is 12.5. The highest BCUT2D eigenvalue weighted by atomic mass is 16.5. The van der Waals surface area contributed by atoms with Gasteiger partial charge in [0, 0.05) is 18.7 Å². The van der Waals surface area contributed by atoms with Crippen LogP contribution in [0.4, 0.5) is 0 Å². The second-order valence-electron chi connectivity index (χ2n) is 5.49. The van der Waals surface area contributed by atoms with Gasteiger partial charge in [-0.25, -0.2) is 0 Å². The zero-order valence-corrected chi connectivity index (χ0v) is 12.4. The molecule has 0 unspecified atom stereocenters. The van der Waals surface area contributed by atoms with E-state index in [1.54, 1.807) is 7.11 Å². The van der Waals surface area contributed by atoms with Crippen LogP contribution >= 0.6 is 0 Å². The quantitative estimate of drug-likeness (QED) is 0.788. The lowest BCUT2D eigenvalue weighted by Gasteiger charge is -2.30. The Morgan fingerprint density at radius 1 is 1.45 bits per heavy atom. The van der Waals surface area contributed by atoms with E-state index in [0.29, 0.717) is 6.42 Å². The zero-order chi connectivity index (χ0) is 14.5. The van der Waals surface area contributed by atoms with E-state index in [1.807, 2.05) is 29.2 Å². The summed E-state index contributed by atoms with van der Waals surface area (Å²) < 4.78 is 5.32. The average Bonchev–Trinajstić information content (AvgIpc) is 2.47. The fourth-order valence-electron chi connectivity index (χ4n) is 2.62. The maximum atomic E-state index is 12.5. The first-order chi connectivity index (χ1) is 9.65. The number of hydrogen-bond donors (Lipinski definition) is 0. The van der Waals surface area contributed by atoms with Gasteiger partial charge in [-0.05, 0) is 48.9 Å². The van der Waals surface area contributed by atoms with Gasteiger partial charge in [0.05, 0.1) is 7.11 Å². The van der Waals surface area contributed by atoms with E-state index in [1.165, 1.54) is 0 Å². The summed E-state index contributed by atoms with van der Waals surface area (Å²) in [6.07, 6.45) is 4.73. The van der Waals surface area contributed by atoms with Crippen LogP contribution in [0.2, 0.25) is 0 Å². The number of allylic oxidation sites excluding steroid dienone is 1. The first-order valence-corrected chi connectivity index (χ1v) is 7.22. The minimum absolute atomic E-state index is 0.130. The Kier molecular flexibility index (Phi) is 4.83. The first-order valence-electron chi connectivity index (χ1n) is 7.22. The van der Waals surface area contributed by atoms with Crippen molar-refractivity contribution in [1.82, 2.24) is 4.90 Å². The minimum atomic E-state index is 0.130. The van der Waals surface area contributed by atoms with Gasteiger partial charge >= 0.3 is 0 Å². The number of hydrogen-bond acceptors (Lipinski definition) is 2. The number of likely N-dealkylation sites (tertiary alicyclic amines) is 1. The molecule has 1 heterocycles. The number of carbonyl (C=O) groups excluding carboxylic acids is 1. The van der Waals surface area contributed by atoms with Crippen LogP contribution in [-0.4, -0.2) is 31.0 Å². The lowest BCUT2D eigenvalue weighted by Crippen LogP contribution is -2.37. The van der Waals surface area contributed by atoms with Gasteiger partial charge in [0.25, 0.3) is 5.91 Å². The van der Waals surface area contributed by atoms with E-state index < -0.39 is 0 Å². The lowest BCUT2D eigenvalue weighted by molar-refractivity contribution is 0.0697. The fourth-order valence-corrected chi connectivity index (χ4v) is 2.62. The largest absolute Gasteiger partial charge is 0.496 e. The molecule has 1 saturated heterocycles. The molecule has 20 heavy (non-hydrogen) atoms. The Bertz CT molecular complexity index is 488. The maximum Gasteiger partial charge on any atom is 0.253 e. The Hall–Kier alpha value is -1.77. The molecule has 1 fully saturated rings. The van der Waals surface area contributed by atoms with Gasteiger partial charge in [0.1, 0.15) is 5.75 Å². The molecule has 0 aliphatic carbocycles. The molecule has 0 N–H and O–H groups in total. The molecule has 0 spiro atoms. The predicted molar refractivity (Wildman–Crippen MR) is 81.2 cm³/mol. The molecular weight excluding hydrogens is 250 g/mol. The summed E-state index contributed by atoms with van der Waals surface area (Å²) in [5.74, 6) is 1.67. The molecule has 0 bridgehead atoms. The second kappa shape index (κ2) is 6.60. The molecule has 0 saturated carbocycles. The van der Waals surface area contributed by atoms with E-state index >= 15 is 0 Å². The van der Waals surface area contributed by atoms with Crippen molar-refractivity contribution in [2.45, 2.75) is 26.2 Å². The summed E-state index contributed by atoms with van der Waals surface area (Å²) in [6, 6.07) is 5.66. The number of rotatable bonds is 4. The molecule has 0 atom stereocenters. The van der Waals surface area contributed by atoms with Crippen LogP contribution in [-0.2, 0) is 6.42 Å². The summed E-state index contributed by atoms with van der Waals surface area (Å²) in [5, 5.41) is 0. The Morgan fingerprint density at radius 3 is 2.75 bits per heavy atom. The van der Waals surface area contributed by atoms with Crippen molar-refractivity contribution in [2.24, 2.45) is 5.92 Å². The molecule has 1 aliphatic rings. The third-order valence-electron chi connectivity index (χ3n) is 3.96. The van der Waals surface area contributed by atoms with Gasteiger partial charge in [0.15, 0.2) is 0 Å². The number of nitrogens with zero attached hydrogens (tertiary/aromatic N) is 1. The standard InChI is InChI=1S/C17H23NO2/c1-4-5-14-12-15(6-7-16(14)20-3)17(19)18-10-8-13(2)9-11-18/h4,6-7,12-13H,1,5,8-11H2,2-3H3. The van der Waals surface area contributed by atoms with Crippen molar-refractivity contribution >= 4 is 5.91 Å². The topological polar surface area (TPSA) is 29.5 Å². The third-order valence-corrected chi connectivity index (χ3v) is 3.96. The van der Waals surface area contributed by atoms with Gasteiger partial charge in [-0.2, -0.15) is 0 Å². The molecular formula is C17H23NO2. The Balaban J connectivity index is 2.17. The highest BCUT2D eigenvalue weighted by Crippen LogP contribution is 2.23. The molecule has 1 amide bonds. The number of ether oxygens (including phenoxy) is 1. The van der Waals surface area contributed by atoms with Crippen LogP contribution in [0, 0.1) is 5.92 Å². The fraction of sp³-hybridized carbons (Fsp3) is 0.471. The van der Waals surface area contributed by atoms with Gasteiger partial charge in [0.2, 0.25) is 0 Å². The summed E-state index contributed by atoms with van der Waals surface area (Å²) in [4.78, 5) is 14.5. The number of amides is 1. The summed E-state index contributed by atoms with van der Waals surface area (Å²) in [5.41, 5.74) is 1.76. The highest BCUT2D eigenvalue weighted by molar-refractivity contribution is 5.94. The van der Waals surface area contributed by atoms with Crippen LogP contribution in [0.25, 0.3) is 0 Å². The van der Waals surface area contributed by atoms with E-state index in [4.69, 9.17) is 4.74 Å². The van der Waals surface area contributed by atoms with E-state index in [2.05, 4.69) is 13.5 Å². The van der Waals surface area contributed by atoms with Crippen LogP contribution in [0.1, 0.15) is 35.7 Å². The normalized spacial score (nSPS) is 16.0. The zero-order valence-electron chi connectivity index (χ0n) is 12.4. The second-order valence-corrected chi connectivity index (χ2v) is 5.49. The van der Waals surface area contributed by atoms with Crippen LogP contribution in [0.15, 0.2) is 30.9 Å². The SMILES string of the molecule is C=CCc1cc(C(=O)N2CCC(C)CC2)ccc1OC. The summed E-state index contributed by atoms with van der Waals surface area (Å²) >= 11 is 0. The number of methoxy groups -OCH3 is 1. The Morgan fingerprint density at radius 2 is 2.15 bits per heavy atom. The molecule has 0 aromatic heterocycles. The van der Waals surface area contributed by atoms with Crippen LogP contribution < -0.4 is 4.74 Å². The van der Waals surface area contributed by atoms with Crippen molar-refractivity contribution in [1.29, 1.82) is 0 Å². The third kappa shape index (κ3) is 3.21. The van der Waals surface area contributed by atoms with Gasteiger partial charge in [-0.3, -0.25) is 4.79 Å². The van der Waals surface area contributed by atoms with Gasteiger partial charge in [-0.15, -0.1) is 6.58 Å². The molecule has 1 aromatic carbocycles. The molecule has 1 aromatic rings. The molecule has 3 heteroatoms. The average molecular weight is 273 g/mol. The van der Waals surface area contributed by atoms with Crippen molar-refractivity contribution < 1.29 is 9.53 Å². The molecule has 3 nitrogen and oxygen atoms in total. The van der Waals surface area contributed by atoms with Gasteiger partial charge in [-0.1, -0.05) is 13.0 Å². The van der Waals surface area contributed by atoms with E-state index in [0.717, 1.165) is 48.7 Å². The van der Waals surface area contributed by atoms with Crippen molar-refractivity contribution in [2.75, 3.05) is 20.2 Å². The van der Waals surface area contributed by atoms with Crippen molar-refractivity contribution in [3.8, 4) is 5.75 Å². The lowest BCUT2D eigenvalue weighted by atomic mass is 9.98. The highest BCUT2D eigenvalue weighted by Gasteiger charge is 2.21. The molecule has 108 valence electrons. The van der Waals surface area contributed by atoms with Crippen molar-refractivity contribution in [3.63, 3.8) is 0 Å². The number of benzene rings is 1. The first kappa shape index (κ1) is 14.6. The monoisotopic (exact) mass is 273 g/mol. The van der Waals surface area contributed by atoms with E-state index in [9.17, 15) is 4.79 Å². The van der Waals surface area contributed by atoms with Crippen LogP contribution in [0.5, 0.6) is 5.75 Å². The van der Waals surface area contributed by atoms with Crippen molar-refractivity contribution in [3.05, 3.63) is 42.0 Å². The van der Waals surface area contributed by atoms with E-state index in [-0.39, 0.29) is 5.91 Å². The molecule has 2 rings (SSSR count). The number of carbonyl (C=O) groups is 1. The smallest absolute Gasteiger partial charge is 0.253 e. The summed E-state index contributed by atoms with van der Waals surface area (Å²) in [6.45, 7) is 7.73. The Labute approximate surface area is 121 Å². The molecule has 1 aliphatic heterocycles. The number of piperidine rings is 1. The molecule has 0 radical (unpaired) electrons.